The lowest BCUT2D eigenvalue weighted by molar-refractivity contribution is 0.0706. The first-order valence-corrected chi connectivity index (χ1v) is 8.37. The average Bonchev–Trinajstić information content (AvgIpc) is 3.16. The van der Waals surface area contributed by atoms with E-state index in [1.165, 1.54) is 0 Å². The largest absolute Gasteiger partial charge is 0.497 e. The number of fused-ring (bicyclic) bond motifs is 1. The van der Waals surface area contributed by atoms with E-state index in [1.54, 1.807) is 30.8 Å². The van der Waals surface area contributed by atoms with Crippen LogP contribution < -0.4 is 10.2 Å². The number of benzene rings is 3. The van der Waals surface area contributed by atoms with E-state index in [4.69, 9.17) is 9.94 Å². The highest BCUT2D eigenvalue weighted by Crippen LogP contribution is 2.26. The van der Waals surface area contributed by atoms with E-state index < -0.39 is 5.91 Å². The molecule has 27 heavy (non-hydrogen) atoms. The standard InChI is InChI=1S/C21H17N3O3/c1-27-17-9-6-14(7-10-17)13-2-4-15(5-3-13)20-22-18-11-8-16(21(25)24-26)12-19(18)23-20/h2-12,26H,1H3,(H,22,23)(H,24,25). The molecule has 0 atom stereocenters. The molecule has 3 N–H and O–H groups in total. The van der Waals surface area contributed by atoms with Gasteiger partial charge < -0.3 is 9.72 Å². The van der Waals surface area contributed by atoms with E-state index in [0.29, 0.717) is 11.4 Å². The second-order valence-corrected chi connectivity index (χ2v) is 6.06. The third kappa shape index (κ3) is 3.26. The van der Waals surface area contributed by atoms with E-state index in [9.17, 15) is 4.79 Å². The fourth-order valence-electron chi connectivity index (χ4n) is 2.96. The number of ether oxygens (including phenoxy) is 1. The number of aromatic nitrogens is 2. The number of H-pyrrole nitrogens is 1. The third-order valence-electron chi connectivity index (χ3n) is 4.43. The zero-order valence-corrected chi connectivity index (χ0v) is 14.6. The molecule has 1 heterocycles. The summed E-state index contributed by atoms with van der Waals surface area (Å²) >= 11 is 0. The van der Waals surface area contributed by atoms with Crippen LogP contribution in [0.5, 0.6) is 5.75 Å². The Hall–Kier alpha value is -3.64. The summed E-state index contributed by atoms with van der Waals surface area (Å²) in [6, 6.07) is 21.0. The van der Waals surface area contributed by atoms with Crippen LogP contribution in [0.15, 0.2) is 66.7 Å². The molecule has 0 aliphatic heterocycles. The molecule has 0 unspecified atom stereocenters. The predicted octanol–water partition coefficient (Wildman–Crippen LogP) is 4.02. The van der Waals surface area contributed by atoms with Crippen molar-refractivity contribution < 1.29 is 14.7 Å². The van der Waals surface area contributed by atoms with Crippen LogP contribution in [0.25, 0.3) is 33.5 Å². The predicted molar refractivity (Wildman–Crippen MR) is 103 cm³/mol. The number of hydrogen-bond acceptors (Lipinski definition) is 4. The Morgan fingerprint density at radius 3 is 2.22 bits per heavy atom. The normalized spacial score (nSPS) is 10.7. The molecule has 0 saturated heterocycles. The van der Waals surface area contributed by atoms with Gasteiger partial charge in [0.1, 0.15) is 11.6 Å². The SMILES string of the molecule is COc1ccc(-c2ccc(-c3nc4ccc(C(=O)NO)cc4[nH]3)cc2)cc1. The van der Waals surface area contributed by atoms with Gasteiger partial charge in [0.15, 0.2) is 0 Å². The maximum absolute atomic E-state index is 11.5. The van der Waals surface area contributed by atoms with E-state index in [-0.39, 0.29) is 0 Å². The van der Waals surface area contributed by atoms with E-state index >= 15 is 0 Å². The van der Waals surface area contributed by atoms with E-state index in [0.717, 1.165) is 33.5 Å². The average molecular weight is 359 g/mol. The van der Waals surface area contributed by atoms with Crippen molar-refractivity contribution in [2.75, 3.05) is 7.11 Å². The highest BCUT2D eigenvalue weighted by atomic mass is 16.5. The molecular formula is C21H17N3O3. The molecule has 0 fully saturated rings. The van der Waals surface area contributed by atoms with Gasteiger partial charge in [-0.2, -0.15) is 0 Å². The Kier molecular flexibility index (Phi) is 4.32. The minimum absolute atomic E-state index is 0.357. The molecule has 4 aromatic rings. The van der Waals surface area contributed by atoms with Gasteiger partial charge in [0.25, 0.3) is 5.91 Å². The van der Waals surface area contributed by atoms with Gasteiger partial charge in [0, 0.05) is 11.1 Å². The highest BCUT2D eigenvalue weighted by molar-refractivity contribution is 5.97. The van der Waals surface area contributed by atoms with Crippen LogP contribution in [0.3, 0.4) is 0 Å². The number of nitrogens with one attached hydrogen (secondary N) is 2. The molecule has 4 rings (SSSR count). The lowest BCUT2D eigenvalue weighted by atomic mass is 10.0. The molecule has 6 heteroatoms. The monoisotopic (exact) mass is 359 g/mol. The highest BCUT2D eigenvalue weighted by Gasteiger charge is 2.10. The van der Waals surface area contributed by atoms with E-state index in [2.05, 4.69) is 9.97 Å². The molecule has 134 valence electrons. The fourth-order valence-corrected chi connectivity index (χ4v) is 2.96. The Morgan fingerprint density at radius 2 is 1.59 bits per heavy atom. The van der Waals surface area contributed by atoms with Gasteiger partial charge in [-0.1, -0.05) is 36.4 Å². The minimum Gasteiger partial charge on any atom is -0.497 e. The Balaban J connectivity index is 1.63. The number of carbonyl (C=O) groups excluding carboxylic acids is 1. The number of aromatic amines is 1. The summed E-state index contributed by atoms with van der Waals surface area (Å²) in [5, 5.41) is 8.76. The minimum atomic E-state index is -0.558. The smallest absolute Gasteiger partial charge is 0.274 e. The summed E-state index contributed by atoms with van der Waals surface area (Å²) in [5.74, 6) is 0.983. The van der Waals surface area contributed by atoms with Crippen molar-refractivity contribution in [3.8, 4) is 28.3 Å². The van der Waals surface area contributed by atoms with Gasteiger partial charge in [-0.3, -0.25) is 10.0 Å². The van der Waals surface area contributed by atoms with Crippen LogP contribution in [0.2, 0.25) is 0 Å². The molecular weight excluding hydrogens is 342 g/mol. The van der Waals surface area contributed by atoms with Crippen LogP contribution in [0, 0.1) is 0 Å². The van der Waals surface area contributed by atoms with Crippen LogP contribution in [-0.4, -0.2) is 28.2 Å². The van der Waals surface area contributed by atoms with Crippen LogP contribution in [0.1, 0.15) is 10.4 Å². The van der Waals surface area contributed by atoms with E-state index in [1.807, 2.05) is 48.5 Å². The fraction of sp³-hybridized carbons (Fsp3) is 0.0476. The molecule has 0 radical (unpaired) electrons. The third-order valence-corrected chi connectivity index (χ3v) is 4.43. The van der Waals surface area contributed by atoms with Crippen LogP contribution >= 0.6 is 0 Å². The molecule has 6 nitrogen and oxygen atoms in total. The number of hydrogen-bond donors (Lipinski definition) is 3. The number of nitrogens with zero attached hydrogens (tertiary/aromatic N) is 1. The lowest BCUT2D eigenvalue weighted by Crippen LogP contribution is -2.18. The number of hydroxylamine groups is 1. The van der Waals surface area contributed by atoms with Crippen molar-refractivity contribution in [2.24, 2.45) is 0 Å². The second kappa shape index (κ2) is 6.93. The molecule has 0 saturated carbocycles. The van der Waals surface area contributed by atoms with Crippen LogP contribution in [0.4, 0.5) is 0 Å². The summed E-state index contributed by atoms with van der Waals surface area (Å²) in [7, 11) is 1.65. The molecule has 1 aromatic heterocycles. The summed E-state index contributed by atoms with van der Waals surface area (Å²) in [5.41, 5.74) is 6.61. The summed E-state index contributed by atoms with van der Waals surface area (Å²) in [4.78, 5) is 19.3. The quantitative estimate of drug-likeness (QED) is 0.379. The summed E-state index contributed by atoms with van der Waals surface area (Å²) < 4.78 is 5.19. The zero-order chi connectivity index (χ0) is 18.8. The number of carbonyl (C=O) groups is 1. The number of amides is 1. The van der Waals surface area contributed by atoms with Gasteiger partial charge in [0.05, 0.1) is 18.1 Å². The molecule has 3 aromatic carbocycles. The Labute approximate surface area is 155 Å². The zero-order valence-electron chi connectivity index (χ0n) is 14.6. The van der Waals surface area contributed by atoms with Crippen molar-refractivity contribution >= 4 is 16.9 Å². The molecule has 0 aliphatic carbocycles. The van der Waals surface area contributed by atoms with Gasteiger partial charge in [0.2, 0.25) is 0 Å². The van der Waals surface area contributed by atoms with Gasteiger partial charge in [-0.25, -0.2) is 10.5 Å². The first-order chi connectivity index (χ1) is 13.2. The van der Waals surface area contributed by atoms with Crippen molar-refractivity contribution in [3.63, 3.8) is 0 Å². The van der Waals surface area contributed by atoms with Crippen molar-refractivity contribution in [2.45, 2.75) is 0 Å². The number of imidazole rings is 1. The summed E-state index contributed by atoms with van der Waals surface area (Å²) in [6.45, 7) is 0. The van der Waals surface area contributed by atoms with Crippen molar-refractivity contribution in [1.82, 2.24) is 15.4 Å². The van der Waals surface area contributed by atoms with Gasteiger partial charge in [-0.05, 0) is 41.5 Å². The van der Waals surface area contributed by atoms with Gasteiger partial charge in [-0.15, -0.1) is 0 Å². The number of rotatable bonds is 4. The number of methoxy groups -OCH3 is 1. The van der Waals surface area contributed by atoms with Gasteiger partial charge >= 0.3 is 0 Å². The first kappa shape index (κ1) is 16.8. The Morgan fingerprint density at radius 1 is 0.963 bits per heavy atom. The van der Waals surface area contributed by atoms with Crippen molar-refractivity contribution in [3.05, 3.63) is 72.3 Å². The molecule has 0 bridgehead atoms. The maximum atomic E-state index is 11.5. The Bertz CT molecular complexity index is 1100. The first-order valence-electron chi connectivity index (χ1n) is 8.37. The second-order valence-electron chi connectivity index (χ2n) is 6.06. The van der Waals surface area contributed by atoms with Crippen molar-refractivity contribution in [1.29, 1.82) is 0 Å². The maximum Gasteiger partial charge on any atom is 0.274 e. The molecule has 0 spiro atoms. The topological polar surface area (TPSA) is 87.2 Å². The molecule has 0 aliphatic rings. The summed E-state index contributed by atoms with van der Waals surface area (Å²) in [6.07, 6.45) is 0. The molecule has 1 amide bonds. The lowest BCUT2D eigenvalue weighted by Gasteiger charge is -2.05. The van der Waals surface area contributed by atoms with Crippen LogP contribution in [-0.2, 0) is 0 Å².